The van der Waals surface area contributed by atoms with Crippen LogP contribution in [0.25, 0.3) is 0 Å². The summed E-state index contributed by atoms with van der Waals surface area (Å²) in [4.78, 5) is 16.3. The van der Waals surface area contributed by atoms with Crippen LogP contribution in [0.2, 0.25) is 0 Å². The van der Waals surface area contributed by atoms with Crippen LogP contribution in [0.15, 0.2) is 42.6 Å². The highest BCUT2D eigenvalue weighted by atomic mass is 16.1. The van der Waals surface area contributed by atoms with E-state index in [-0.39, 0.29) is 5.78 Å². The molecule has 3 heteroatoms. The van der Waals surface area contributed by atoms with Gasteiger partial charge in [0, 0.05) is 24.4 Å². The number of hydrogen-bond acceptors (Lipinski definition) is 3. The van der Waals surface area contributed by atoms with Gasteiger partial charge in [-0.3, -0.25) is 4.79 Å². The van der Waals surface area contributed by atoms with E-state index in [1.165, 1.54) is 0 Å². The number of pyridine rings is 1. The highest BCUT2D eigenvalue weighted by Crippen LogP contribution is 2.15. The van der Waals surface area contributed by atoms with Crippen molar-refractivity contribution in [2.24, 2.45) is 0 Å². The average molecular weight is 226 g/mol. The van der Waals surface area contributed by atoms with Gasteiger partial charge in [-0.25, -0.2) is 4.98 Å². The molecule has 86 valence electrons. The van der Waals surface area contributed by atoms with Crippen molar-refractivity contribution in [2.45, 2.75) is 6.92 Å². The summed E-state index contributed by atoms with van der Waals surface area (Å²) >= 11 is 0. The first kappa shape index (κ1) is 11.3. The van der Waals surface area contributed by atoms with Crippen molar-refractivity contribution in [3.8, 4) is 0 Å². The van der Waals surface area contributed by atoms with Gasteiger partial charge in [-0.05, 0) is 18.6 Å². The molecule has 0 radical (unpaired) electrons. The number of aryl methyl sites for hydroxylation is 1. The summed E-state index contributed by atoms with van der Waals surface area (Å²) in [6.45, 7) is 1.93. The predicted octanol–water partition coefficient (Wildman–Crippen LogP) is 2.66. The monoisotopic (exact) mass is 226 g/mol. The van der Waals surface area contributed by atoms with Gasteiger partial charge in [0.1, 0.15) is 5.82 Å². The Bertz CT molecular complexity index is 535. The van der Waals surface area contributed by atoms with Gasteiger partial charge in [0.2, 0.25) is 0 Å². The molecule has 0 amide bonds. The molecule has 0 spiro atoms. The van der Waals surface area contributed by atoms with Gasteiger partial charge < -0.3 is 5.32 Å². The fourth-order valence-corrected chi connectivity index (χ4v) is 1.72. The van der Waals surface area contributed by atoms with E-state index in [4.69, 9.17) is 0 Å². The lowest BCUT2D eigenvalue weighted by molar-refractivity contribution is 0.103. The molecule has 1 aromatic carbocycles. The SMILES string of the molecule is CNc1ncc(C(=O)c2ccccc2)cc1C. The highest BCUT2D eigenvalue weighted by molar-refractivity contribution is 6.08. The van der Waals surface area contributed by atoms with Gasteiger partial charge in [0.05, 0.1) is 0 Å². The number of ketones is 1. The van der Waals surface area contributed by atoms with Crippen molar-refractivity contribution in [1.29, 1.82) is 0 Å². The van der Waals surface area contributed by atoms with Gasteiger partial charge in [-0.1, -0.05) is 30.3 Å². The fourth-order valence-electron chi connectivity index (χ4n) is 1.72. The van der Waals surface area contributed by atoms with Crippen LogP contribution in [-0.4, -0.2) is 17.8 Å². The Kier molecular flexibility index (Phi) is 3.19. The molecule has 0 aliphatic rings. The van der Waals surface area contributed by atoms with Gasteiger partial charge >= 0.3 is 0 Å². The summed E-state index contributed by atoms with van der Waals surface area (Å²) in [6, 6.07) is 11.1. The number of anilines is 1. The molecular formula is C14H14N2O. The topological polar surface area (TPSA) is 42.0 Å². The Hall–Kier alpha value is -2.16. The summed E-state index contributed by atoms with van der Waals surface area (Å²) in [7, 11) is 1.81. The number of hydrogen-bond donors (Lipinski definition) is 1. The van der Waals surface area contributed by atoms with Crippen LogP contribution < -0.4 is 5.32 Å². The van der Waals surface area contributed by atoms with Crippen molar-refractivity contribution in [1.82, 2.24) is 4.98 Å². The number of benzene rings is 1. The van der Waals surface area contributed by atoms with Crippen LogP contribution in [0.5, 0.6) is 0 Å². The van der Waals surface area contributed by atoms with Crippen LogP contribution in [-0.2, 0) is 0 Å². The first-order valence-electron chi connectivity index (χ1n) is 5.46. The standard InChI is InChI=1S/C14H14N2O/c1-10-8-12(9-16-14(10)15-2)13(17)11-6-4-3-5-7-11/h3-9H,1-2H3,(H,15,16). The molecule has 0 aliphatic carbocycles. The van der Waals surface area contributed by atoms with Crippen LogP contribution in [0.4, 0.5) is 5.82 Å². The van der Waals surface area contributed by atoms with Crippen molar-refractivity contribution < 1.29 is 4.79 Å². The first-order chi connectivity index (χ1) is 8.22. The molecule has 2 aromatic rings. The molecule has 0 fully saturated rings. The maximum Gasteiger partial charge on any atom is 0.194 e. The second-order valence-corrected chi connectivity index (χ2v) is 3.83. The van der Waals surface area contributed by atoms with Crippen molar-refractivity contribution in [3.63, 3.8) is 0 Å². The summed E-state index contributed by atoms with van der Waals surface area (Å²) in [5.41, 5.74) is 2.27. The molecule has 0 aliphatic heterocycles. The second-order valence-electron chi connectivity index (χ2n) is 3.83. The summed E-state index contributed by atoms with van der Waals surface area (Å²) in [5.74, 6) is 0.804. The predicted molar refractivity (Wildman–Crippen MR) is 68.4 cm³/mol. The molecule has 2 rings (SSSR count). The molecule has 1 N–H and O–H groups in total. The van der Waals surface area contributed by atoms with Gasteiger partial charge in [0.15, 0.2) is 5.78 Å². The van der Waals surface area contributed by atoms with Crippen molar-refractivity contribution in [3.05, 3.63) is 59.3 Å². The fraction of sp³-hybridized carbons (Fsp3) is 0.143. The maximum absolute atomic E-state index is 12.1. The molecule has 0 saturated carbocycles. The first-order valence-corrected chi connectivity index (χ1v) is 5.46. The molecule has 0 bridgehead atoms. The smallest absolute Gasteiger partial charge is 0.194 e. The lowest BCUT2D eigenvalue weighted by Crippen LogP contribution is -2.04. The third kappa shape index (κ3) is 2.33. The van der Waals surface area contributed by atoms with Crippen molar-refractivity contribution >= 4 is 11.6 Å². The third-order valence-corrected chi connectivity index (χ3v) is 2.61. The largest absolute Gasteiger partial charge is 0.373 e. The summed E-state index contributed by atoms with van der Waals surface area (Å²) in [5, 5.41) is 2.98. The van der Waals surface area contributed by atoms with E-state index < -0.39 is 0 Å². The summed E-state index contributed by atoms with van der Waals surface area (Å²) in [6.07, 6.45) is 1.61. The Labute approximate surface area is 101 Å². The van der Waals surface area contributed by atoms with E-state index in [0.29, 0.717) is 11.1 Å². The minimum Gasteiger partial charge on any atom is -0.373 e. The van der Waals surface area contributed by atoms with Crippen LogP contribution in [0.1, 0.15) is 21.5 Å². The maximum atomic E-state index is 12.1. The Balaban J connectivity index is 2.35. The molecule has 1 heterocycles. The zero-order valence-corrected chi connectivity index (χ0v) is 9.90. The van der Waals surface area contributed by atoms with Gasteiger partial charge in [-0.15, -0.1) is 0 Å². The van der Waals surface area contributed by atoms with E-state index in [1.54, 1.807) is 6.20 Å². The van der Waals surface area contributed by atoms with E-state index in [9.17, 15) is 4.79 Å². The van der Waals surface area contributed by atoms with E-state index in [0.717, 1.165) is 11.4 Å². The Morgan fingerprint density at radius 2 is 1.88 bits per heavy atom. The highest BCUT2D eigenvalue weighted by Gasteiger charge is 2.10. The lowest BCUT2D eigenvalue weighted by atomic mass is 10.0. The quantitative estimate of drug-likeness (QED) is 0.818. The van der Waals surface area contributed by atoms with Crippen LogP contribution >= 0.6 is 0 Å². The van der Waals surface area contributed by atoms with E-state index >= 15 is 0 Å². The van der Waals surface area contributed by atoms with E-state index in [2.05, 4.69) is 10.3 Å². The molecular weight excluding hydrogens is 212 g/mol. The lowest BCUT2D eigenvalue weighted by Gasteiger charge is -2.06. The minimum absolute atomic E-state index is 0.00357. The minimum atomic E-state index is 0.00357. The third-order valence-electron chi connectivity index (χ3n) is 2.61. The second kappa shape index (κ2) is 4.78. The zero-order valence-electron chi connectivity index (χ0n) is 9.90. The van der Waals surface area contributed by atoms with Crippen LogP contribution in [0.3, 0.4) is 0 Å². The van der Waals surface area contributed by atoms with Gasteiger partial charge in [0.25, 0.3) is 0 Å². The molecule has 0 unspecified atom stereocenters. The molecule has 3 nitrogen and oxygen atoms in total. The van der Waals surface area contributed by atoms with Crippen molar-refractivity contribution in [2.75, 3.05) is 12.4 Å². The molecule has 0 saturated heterocycles. The number of carbonyl (C=O) groups is 1. The Morgan fingerprint density at radius 1 is 1.18 bits per heavy atom. The molecule has 1 aromatic heterocycles. The zero-order chi connectivity index (χ0) is 12.3. The van der Waals surface area contributed by atoms with Gasteiger partial charge in [-0.2, -0.15) is 0 Å². The average Bonchev–Trinajstić information content (AvgIpc) is 2.39. The molecule has 17 heavy (non-hydrogen) atoms. The van der Waals surface area contributed by atoms with Crippen LogP contribution in [0, 0.1) is 6.92 Å². The number of rotatable bonds is 3. The number of carbonyl (C=O) groups excluding carboxylic acids is 1. The number of nitrogens with zero attached hydrogens (tertiary/aromatic N) is 1. The summed E-state index contributed by atoms with van der Waals surface area (Å²) < 4.78 is 0. The molecule has 0 atom stereocenters. The normalized spacial score (nSPS) is 10.0. The Morgan fingerprint density at radius 3 is 2.47 bits per heavy atom. The van der Waals surface area contributed by atoms with E-state index in [1.807, 2.05) is 50.4 Å². The number of aromatic nitrogens is 1. The number of nitrogens with one attached hydrogen (secondary N) is 1.